The first-order valence-electron chi connectivity index (χ1n) is 6.47. The van der Waals surface area contributed by atoms with Crippen LogP contribution in [-0.2, 0) is 9.59 Å². The van der Waals surface area contributed by atoms with E-state index in [1.807, 2.05) is 19.1 Å². The van der Waals surface area contributed by atoms with Gasteiger partial charge in [0.1, 0.15) is 0 Å². The molecule has 1 aromatic carbocycles. The summed E-state index contributed by atoms with van der Waals surface area (Å²) in [6, 6.07) is 7.25. The van der Waals surface area contributed by atoms with Crippen LogP contribution < -0.4 is 10.7 Å². The van der Waals surface area contributed by atoms with Gasteiger partial charge in [-0.1, -0.05) is 19.1 Å². The monoisotopic (exact) mass is 275 g/mol. The minimum Gasteiger partial charge on any atom is -0.396 e. The molecule has 1 aromatic rings. The highest BCUT2D eigenvalue weighted by Crippen LogP contribution is 2.18. The average Bonchev–Trinajstić information content (AvgIpc) is 2.40. The van der Waals surface area contributed by atoms with Crippen LogP contribution in [0.25, 0.3) is 0 Å². The van der Waals surface area contributed by atoms with E-state index in [-0.39, 0.29) is 30.8 Å². The highest BCUT2D eigenvalue weighted by Gasteiger charge is 2.21. The quantitative estimate of drug-likeness (QED) is 0.761. The van der Waals surface area contributed by atoms with Crippen LogP contribution in [0.15, 0.2) is 29.4 Å². The number of aliphatic hydroxyl groups is 1. The molecule has 1 atom stereocenters. The second-order valence-electron chi connectivity index (χ2n) is 4.74. The second-order valence-corrected chi connectivity index (χ2v) is 4.74. The molecule has 0 saturated carbocycles. The molecule has 1 aliphatic rings. The van der Waals surface area contributed by atoms with Crippen LogP contribution >= 0.6 is 0 Å². The van der Waals surface area contributed by atoms with E-state index in [2.05, 4.69) is 15.8 Å². The van der Waals surface area contributed by atoms with Crippen molar-refractivity contribution in [3.63, 3.8) is 0 Å². The van der Waals surface area contributed by atoms with Crippen molar-refractivity contribution >= 4 is 23.2 Å². The number of rotatable bonds is 4. The van der Waals surface area contributed by atoms with Gasteiger partial charge in [-0.2, -0.15) is 5.10 Å². The lowest BCUT2D eigenvalue weighted by atomic mass is 9.94. The van der Waals surface area contributed by atoms with E-state index in [0.29, 0.717) is 12.1 Å². The lowest BCUT2D eigenvalue weighted by molar-refractivity contribution is -0.122. The summed E-state index contributed by atoms with van der Waals surface area (Å²) in [5.41, 5.74) is 4.89. The third-order valence-electron chi connectivity index (χ3n) is 3.06. The van der Waals surface area contributed by atoms with Crippen molar-refractivity contribution in [3.05, 3.63) is 29.8 Å². The first-order chi connectivity index (χ1) is 9.60. The van der Waals surface area contributed by atoms with Crippen molar-refractivity contribution in [1.82, 2.24) is 5.43 Å². The highest BCUT2D eigenvalue weighted by atomic mass is 16.3. The average molecular weight is 275 g/mol. The van der Waals surface area contributed by atoms with Gasteiger partial charge in [0.15, 0.2) is 0 Å². The largest absolute Gasteiger partial charge is 0.396 e. The lowest BCUT2D eigenvalue weighted by Crippen LogP contribution is -2.31. The first kappa shape index (κ1) is 14.2. The van der Waals surface area contributed by atoms with Crippen molar-refractivity contribution in [2.45, 2.75) is 19.8 Å². The Hall–Kier alpha value is -2.21. The number of carbonyl (C=O) groups excluding carboxylic acids is 2. The molecule has 1 aliphatic heterocycles. The summed E-state index contributed by atoms with van der Waals surface area (Å²) in [4.78, 5) is 22.5. The van der Waals surface area contributed by atoms with E-state index in [0.717, 1.165) is 11.3 Å². The molecule has 0 radical (unpaired) electrons. The minimum absolute atomic E-state index is 0.0681. The van der Waals surface area contributed by atoms with Crippen LogP contribution in [0.1, 0.15) is 25.3 Å². The summed E-state index contributed by atoms with van der Waals surface area (Å²) in [6.45, 7) is 1.78. The van der Waals surface area contributed by atoms with Crippen molar-refractivity contribution in [2.24, 2.45) is 11.0 Å². The zero-order valence-corrected chi connectivity index (χ0v) is 11.2. The number of hydrogen-bond donors (Lipinski definition) is 3. The predicted octanol–water partition coefficient (Wildman–Crippen LogP) is 0.868. The van der Waals surface area contributed by atoms with Crippen LogP contribution in [0.2, 0.25) is 0 Å². The van der Waals surface area contributed by atoms with Crippen molar-refractivity contribution in [3.8, 4) is 0 Å². The highest BCUT2D eigenvalue weighted by molar-refractivity contribution is 6.06. The van der Waals surface area contributed by atoms with E-state index in [1.54, 1.807) is 12.1 Å². The Morgan fingerprint density at radius 1 is 1.45 bits per heavy atom. The van der Waals surface area contributed by atoms with E-state index in [1.165, 1.54) is 0 Å². The number of nitrogens with one attached hydrogen (secondary N) is 2. The van der Waals surface area contributed by atoms with Gasteiger partial charge in [-0.15, -0.1) is 0 Å². The number of benzene rings is 1. The fourth-order valence-corrected chi connectivity index (χ4v) is 2.05. The SMILES string of the molecule is CC1CC(=O)NN=C1c1ccc(NC(=O)CCO)cc1. The molecule has 2 rings (SSSR count). The maximum Gasteiger partial charge on any atom is 0.240 e. The lowest BCUT2D eigenvalue weighted by Gasteiger charge is -2.19. The number of anilines is 1. The number of aliphatic hydroxyl groups excluding tert-OH is 1. The smallest absolute Gasteiger partial charge is 0.240 e. The van der Waals surface area contributed by atoms with Gasteiger partial charge in [0.25, 0.3) is 0 Å². The Kier molecular flexibility index (Phi) is 4.47. The third-order valence-corrected chi connectivity index (χ3v) is 3.06. The maximum absolute atomic E-state index is 11.3. The van der Waals surface area contributed by atoms with E-state index in [9.17, 15) is 9.59 Å². The third kappa shape index (κ3) is 3.42. The number of carbonyl (C=O) groups is 2. The number of hydrazone groups is 1. The molecule has 2 amide bonds. The number of amides is 2. The van der Waals surface area contributed by atoms with E-state index >= 15 is 0 Å². The summed E-state index contributed by atoms with van der Waals surface area (Å²) in [6.07, 6.45) is 0.505. The molecule has 6 nitrogen and oxygen atoms in total. The molecule has 3 N–H and O–H groups in total. The van der Waals surface area contributed by atoms with Gasteiger partial charge in [-0.3, -0.25) is 9.59 Å². The molecule has 0 spiro atoms. The molecule has 0 aliphatic carbocycles. The fraction of sp³-hybridized carbons (Fsp3) is 0.357. The molecule has 1 unspecified atom stereocenters. The van der Waals surface area contributed by atoms with Crippen LogP contribution in [0.4, 0.5) is 5.69 Å². The van der Waals surface area contributed by atoms with Crippen LogP contribution in [0.5, 0.6) is 0 Å². The molecule has 0 bridgehead atoms. The molecular weight excluding hydrogens is 258 g/mol. The molecule has 6 heteroatoms. The summed E-state index contributed by atoms with van der Waals surface area (Å²) in [5, 5.41) is 15.4. The Morgan fingerprint density at radius 3 is 2.75 bits per heavy atom. The standard InChI is InChI=1S/C14H17N3O3/c1-9-8-13(20)16-17-14(9)10-2-4-11(5-3-10)15-12(19)6-7-18/h2-5,9,18H,6-8H2,1H3,(H,15,19)(H,16,20). The van der Waals surface area contributed by atoms with Gasteiger partial charge in [0.05, 0.1) is 18.7 Å². The molecule has 20 heavy (non-hydrogen) atoms. The molecular formula is C14H17N3O3. The molecule has 0 saturated heterocycles. The second kappa shape index (κ2) is 6.29. The minimum atomic E-state index is -0.226. The number of nitrogens with zero attached hydrogens (tertiary/aromatic N) is 1. The Balaban J connectivity index is 2.08. The summed E-state index contributed by atoms with van der Waals surface area (Å²) < 4.78 is 0. The normalized spacial score (nSPS) is 18.2. The molecule has 0 fully saturated rings. The summed E-state index contributed by atoms with van der Waals surface area (Å²) in [5.74, 6) is -0.233. The van der Waals surface area contributed by atoms with Gasteiger partial charge in [-0.05, 0) is 17.7 Å². The van der Waals surface area contributed by atoms with Gasteiger partial charge in [0.2, 0.25) is 11.8 Å². The molecule has 1 heterocycles. The van der Waals surface area contributed by atoms with E-state index in [4.69, 9.17) is 5.11 Å². The molecule has 0 aromatic heterocycles. The Labute approximate surface area is 116 Å². The summed E-state index contributed by atoms with van der Waals surface area (Å²) >= 11 is 0. The van der Waals surface area contributed by atoms with Gasteiger partial charge < -0.3 is 10.4 Å². The van der Waals surface area contributed by atoms with Crippen molar-refractivity contribution in [1.29, 1.82) is 0 Å². The zero-order valence-electron chi connectivity index (χ0n) is 11.2. The number of hydrogen-bond acceptors (Lipinski definition) is 4. The van der Waals surface area contributed by atoms with Crippen LogP contribution in [0.3, 0.4) is 0 Å². The Morgan fingerprint density at radius 2 is 2.15 bits per heavy atom. The topological polar surface area (TPSA) is 90.8 Å². The van der Waals surface area contributed by atoms with Crippen molar-refractivity contribution in [2.75, 3.05) is 11.9 Å². The summed E-state index contributed by atoms with van der Waals surface area (Å²) in [7, 11) is 0. The van der Waals surface area contributed by atoms with Crippen LogP contribution in [-0.4, -0.2) is 29.2 Å². The van der Waals surface area contributed by atoms with Crippen molar-refractivity contribution < 1.29 is 14.7 Å². The van der Waals surface area contributed by atoms with E-state index < -0.39 is 0 Å². The zero-order chi connectivity index (χ0) is 14.5. The predicted molar refractivity (Wildman–Crippen MR) is 75.2 cm³/mol. The Bertz CT molecular complexity index is 537. The fourth-order valence-electron chi connectivity index (χ4n) is 2.05. The van der Waals surface area contributed by atoms with Gasteiger partial charge in [0, 0.05) is 18.0 Å². The van der Waals surface area contributed by atoms with Gasteiger partial charge >= 0.3 is 0 Å². The van der Waals surface area contributed by atoms with Crippen LogP contribution in [0, 0.1) is 5.92 Å². The first-order valence-corrected chi connectivity index (χ1v) is 6.47. The maximum atomic E-state index is 11.3. The van der Waals surface area contributed by atoms with Gasteiger partial charge in [-0.25, -0.2) is 5.43 Å². The molecule has 106 valence electrons.